The minimum atomic E-state index is -0.269. The molecule has 0 amide bonds. The minimum absolute atomic E-state index is 0. The zero-order chi connectivity index (χ0) is 84.9. The van der Waals surface area contributed by atoms with E-state index in [1.807, 2.05) is 167 Å². The number of fused-ring (bicyclic) bond motifs is 4. The van der Waals surface area contributed by atoms with E-state index in [0.29, 0.717) is 71.2 Å². The SMILES string of the molecule is C.C.C.CC(=Nc1ccn(C(C)C)c(=O)n1)N1CCCC1.CC(=Nc1ccn(C(C)C)c(=O)n1)N1CCOCC1.CC(=Nc1ccnc2c1ncn2C(C)C)N(C)C.CC(=Nc1ccnc2n1nc[n+]2C(C)C)N1CCOCC1.CC(=Nc1nc2c(ncn2C(C)C)c(=O)[nH]1)N(C)C.CC(=Nc1nc2c(ncn2C(C)C)c(=O)[nH]1)N1CCOCC1. The molecule has 4 aliphatic rings. The van der Waals surface area contributed by atoms with Gasteiger partial charge in [0.05, 0.1) is 76.5 Å². The number of aliphatic imine (C=N–C) groups is 6. The fourth-order valence-corrected chi connectivity index (χ4v) is 12.3. The summed E-state index contributed by atoms with van der Waals surface area (Å²) in [4.78, 5) is 131. The summed E-state index contributed by atoms with van der Waals surface area (Å²) in [7, 11) is 7.72. The molecule has 4 saturated heterocycles. The first kappa shape index (κ1) is 97.2. The number of hydrogen-bond acceptors (Lipinski definition) is 23. The average Bonchev–Trinajstić information content (AvgIpc) is 1.66. The number of ether oxygens (including phenoxy) is 3. The first-order chi connectivity index (χ1) is 55.8. The molecule has 0 bridgehead atoms. The molecule has 10 aromatic rings. The smallest absolute Gasteiger partial charge is 0.378 e. The molecule has 38 nitrogen and oxygen atoms in total. The van der Waals surface area contributed by atoms with Crippen molar-refractivity contribution in [3.63, 3.8) is 0 Å². The minimum Gasteiger partial charge on any atom is -0.378 e. The maximum absolute atomic E-state index is 12.1. The number of imidazole rings is 3. The van der Waals surface area contributed by atoms with Crippen molar-refractivity contribution in [2.45, 2.75) is 196 Å². The highest BCUT2D eigenvalue weighted by atomic mass is 16.5. The van der Waals surface area contributed by atoms with E-state index in [1.165, 1.54) is 12.8 Å². The zero-order valence-corrected chi connectivity index (χ0v) is 72.0. The van der Waals surface area contributed by atoms with Crippen LogP contribution in [-0.2, 0) is 14.2 Å². The Kier molecular flexibility index (Phi) is 36.8. The second-order valence-electron chi connectivity index (χ2n) is 30.4. The lowest BCUT2D eigenvalue weighted by molar-refractivity contribution is -0.694. The third-order valence-electron chi connectivity index (χ3n) is 19.5. The van der Waals surface area contributed by atoms with Crippen LogP contribution in [0.2, 0.25) is 0 Å². The van der Waals surface area contributed by atoms with E-state index in [-0.39, 0.29) is 68.9 Å². The number of hydrogen-bond donors (Lipinski definition) is 2. The number of nitrogens with zero attached hydrogens (tertiary/aromatic N) is 29. The maximum Gasteiger partial charge on any atom is 0.388 e. The van der Waals surface area contributed by atoms with E-state index in [1.54, 1.807) is 69.6 Å². The molecular formula is C82H130N31O7+. The monoisotopic (exact) mass is 1660 g/mol. The predicted molar refractivity (Wildman–Crippen MR) is 478 cm³/mol. The van der Waals surface area contributed by atoms with Gasteiger partial charge in [-0.3, -0.25) is 28.7 Å². The highest BCUT2D eigenvalue weighted by molar-refractivity contribution is 5.90. The molecule has 654 valence electrons. The van der Waals surface area contributed by atoms with Gasteiger partial charge in [-0.2, -0.15) is 19.9 Å². The molecule has 2 N–H and O–H groups in total. The van der Waals surface area contributed by atoms with Crippen molar-refractivity contribution in [3.8, 4) is 0 Å². The number of amidine groups is 6. The summed E-state index contributed by atoms with van der Waals surface area (Å²) in [5.41, 5.74) is 3.39. The second kappa shape index (κ2) is 45.5. The molecule has 14 rings (SSSR count). The first-order valence-corrected chi connectivity index (χ1v) is 39.9. The molecule has 0 aromatic carbocycles. The van der Waals surface area contributed by atoms with Gasteiger partial charge in [0.15, 0.2) is 39.6 Å². The van der Waals surface area contributed by atoms with Gasteiger partial charge in [0.1, 0.15) is 40.5 Å². The van der Waals surface area contributed by atoms with Gasteiger partial charge in [-0.25, -0.2) is 64.0 Å². The van der Waals surface area contributed by atoms with E-state index >= 15 is 0 Å². The Morgan fingerprint density at radius 2 is 0.800 bits per heavy atom. The van der Waals surface area contributed by atoms with Gasteiger partial charge in [-0.1, -0.05) is 26.8 Å². The molecule has 14 heterocycles. The van der Waals surface area contributed by atoms with E-state index in [0.717, 1.165) is 142 Å². The Morgan fingerprint density at radius 3 is 1.21 bits per heavy atom. The number of H-pyrrole nitrogens is 2. The van der Waals surface area contributed by atoms with E-state index in [4.69, 9.17) is 19.2 Å². The molecule has 0 atom stereocenters. The number of aromatic amines is 2. The number of morpholine rings is 3. The van der Waals surface area contributed by atoms with Crippen LogP contribution in [0.4, 0.5) is 35.0 Å². The van der Waals surface area contributed by atoms with Crippen LogP contribution in [0.25, 0.3) is 39.3 Å². The van der Waals surface area contributed by atoms with Crippen LogP contribution in [0.15, 0.2) is 123 Å². The van der Waals surface area contributed by atoms with Crippen LogP contribution in [0.1, 0.15) is 196 Å². The number of rotatable bonds is 12. The summed E-state index contributed by atoms with van der Waals surface area (Å²) in [5.74, 6) is 8.50. The van der Waals surface area contributed by atoms with Crippen molar-refractivity contribution in [1.82, 2.24) is 117 Å². The molecule has 120 heavy (non-hydrogen) atoms. The van der Waals surface area contributed by atoms with E-state index in [2.05, 4.69) is 137 Å². The Bertz CT molecular complexity index is 5390. The van der Waals surface area contributed by atoms with Crippen molar-refractivity contribution in [2.24, 2.45) is 30.0 Å². The molecule has 4 fully saturated rings. The number of likely N-dealkylation sites (tertiary alicyclic amines) is 1. The highest BCUT2D eigenvalue weighted by Crippen LogP contribution is 2.26. The lowest BCUT2D eigenvalue weighted by Gasteiger charge is -2.28. The summed E-state index contributed by atoms with van der Waals surface area (Å²) >= 11 is 0. The van der Waals surface area contributed by atoms with Crippen LogP contribution in [0.5, 0.6) is 0 Å². The molecule has 0 aliphatic carbocycles. The summed E-state index contributed by atoms with van der Waals surface area (Å²) in [5, 5.41) is 4.40. The number of nitrogens with one attached hydrogen (secondary N) is 2. The Balaban J connectivity index is 0.000000222. The van der Waals surface area contributed by atoms with Crippen LogP contribution in [0, 0.1) is 0 Å². The van der Waals surface area contributed by atoms with Crippen LogP contribution in [0.3, 0.4) is 0 Å². The molecule has 0 unspecified atom stereocenters. The first-order valence-electron chi connectivity index (χ1n) is 39.9. The van der Waals surface area contributed by atoms with Gasteiger partial charge in [0, 0.05) is 135 Å². The van der Waals surface area contributed by atoms with Gasteiger partial charge in [0.25, 0.3) is 11.1 Å². The van der Waals surface area contributed by atoms with Crippen molar-refractivity contribution >= 4 is 109 Å². The van der Waals surface area contributed by atoms with Gasteiger partial charge >= 0.3 is 17.2 Å². The number of pyridine rings is 1. The van der Waals surface area contributed by atoms with Crippen molar-refractivity contribution < 1.29 is 18.8 Å². The van der Waals surface area contributed by atoms with Crippen LogP contribution >= 0.6 is 0 Å². The highest BCUT2D eigenvalue weighted by Gasteiger charge is 2.22. The van der Waals surface area contributed by atoms with Gasteiger partial charge in [0.2, 0.25) is 24.0 Å². The lowest BCUT2D eigenvalue weighted by atomic mass is 10.3. The molecule has 0 radical (unpaired) electrons. The third kappa shape index (κ3) is 25.9. The Hall–Kier alpha value is -11.7. The molecule has 0 spiro atoms. The standard InChI is InChI=1S/C14H20N6O2.C14H21N6O.C13H19N5.C13H20N4O2.C13H20N4O.C12H18N6O.3CH4/c1-9(2)20-8-15-11-12(20)17-14(18-13(11)21)16-10(3)19-4-6-22-7-5-19;1-11(2)19-10-16-20-13(4-5-15-14(19)20)17-12(3)18-6-8-21-9-7-18;1-9(2)18-8-15-12-11(6-7-14-13(12)18)16-10(3)17(4)5;1-10(2)17-5-4-12(15-13(17)18)14-11(3)16-6-8-19-9-7-16;1-10(2)17-9-6-12(15-13(17)18)14-11(3)16-7-4-5-8-16;1-7(2)18-6-13-9-10(18)15-12(16-11(9)19)14-8(3)17(4)5;;;/h8-9H,4-7H2,1-3H3,(H,17,18,21);4-5,10-11H,6-9H2,1-3H3;6-9H,1-5H3;4-5,10H,6-9H2,1-3H3;6,9-10H,4-5,7-8H2,1-3H3;6-7H,1-5H3,(H,15,16,19);3*1H4/q;+1;;;;;;;. The number of aromatic nitrogens is 19. The molecule has 4 aliphatic heterocycles. The predicted octanol–water partition coefficient (Wildman–Crippen LogP) is 11.1. The lowest BCUT2D eigenvalue weighted by Crippen LogP contribution is -2.39. The largest absolute Gasteiger partial charge is 0.388 e. The van der Waals surface area contributed by atoms with E-state index < -0.39 is 0 Å². The van der Waals surface area contributed by atoms with Crippen LogP contribution in [-0.4, -0.2) is 272 Å². The Labute approximate surface area is 703 Å². The second-order valence-corrected chi connectivity index (χ2v) is 30.4. The Morgan fingerprint density at radius 1 is 0.425 bits per heavy atom. The molecule has 38 heteroatoms. The summed E-state index contributed by atoms with van der Waals surface area (Å²) in [6.07, 6.45) is 16.4. The van der Waals surface area contributed by atoms with Gasteiger partial charge in [-0.15, -0.1) is 4.98 Å². The van der Waals surface area contributed by atoms with Crippen molar-refractivity contribution in [3.05, 3.63) is 116 Å². The van der Waals surface area contributed by atoms with Crippen LogP contribution < -0.4 is 27.1 Å². The fraction of sp³-hybridized carbons (Fsp3) is 0.573. The summed E-state index contributed by atoms with van der Waals surface area (Å²) in [6, 6.07) is 8.60. The average molecular weight is 1660 g/mol. The molecule has 0 saturated carbocycles. The normalized spacial score (nSPS) is 15.1. The van der Waals surface area contributed by atoms with Crippen molar-refractivity contribution in [2.75, 3.05) is 120 Å². The fourth-order valence-electron chi connectivity index (χ4n) is 12.3. The summed E-state index contributed by atoms with van der Waals surface area (Å²) < 4.78 is 28.8. The molecular weight excluding hydrogens is 1530 g/mol. The topological polar surface area (TPSA) is 383 Å². The third-order valence-corrected chi connectivity index (χ3v) is 19.5. The van der Waals surface area contributed by atoms with Gasteiger partial charge < -0.3 is 57.3 Å². The maximum atomic E-state index is 12.1. The van der Waals surface area contributed by atoms with E-state index in [9.17, 15) is 19.2 Å². The van der Waals surface area contributed by atoms with Crippen molar-refractivity contribution in [1.29, 1.82) is 0 Å². The summed E-state index contributed by atoms with van der Waals surface area (Å²) in [6.45, 7) is 47.5. The molecule has 10 aromatic heterocycles. The van der Waals surface area contributed by atoms with Gasteiger partial charge in [-0.05, 0) is 161 Å². The quantitative estimate of drug-likeness (QED) is 0.0651. The zero-order valence-electron chi connectivity index (χ0n) is 72.0.